The molecule has 2 aromatic rings. The van der Waals surface area contributed by atoms with E-state index in [-0.39, 0.29) is 30.6 Å². The maximum Gasteiger partial charge on any atom is 0.299 e. The lowest BCUT2D eigenvalue weighted by Crippen LogP contribution is -1.97. The predicted octanol–water partition coefficient (Wildman–Crippen LogP) is 1.97. The number of aryl methyl sites for hydroxylation is 1. The van der Waals surface area contributed by atoms with E-state index in [1.54, 1.807) is 6.07 Å². The number of aliphatic hydroxyl groups excluding tert-OH is 1. The zero-order chi connectivity index (χ0) is 16.4. The number of carbonyl (C=O) groups excluding carboxylic acids is 1. The molecule has 0 bridgehead atoms. The van der Waals surface area contributed by atoms with Gasteiger partial charge in [0.05, 0.1) is 0 Å². The van der Waals surface area contributed by atoms with E-state index in [1.807, 2.05) is 6.92 Å². The Balaban J connectivity index is 0.000000220. The van der Waals surface area contributed by atoms with Crippen LogP contribution in [0.3, 0.4) is 0 Å². The molecular formula is C16H17N3O3. The van der Waals surface area contributed by atoms with Crippen LogP contribution in [0.1, 0.15) is 29.7 Å². The zero-order valence-electron chi connectivity index (χ0n) is 12.4. The third-order valence-electron chi connectivity index (χ3n) is 2.84. The minimum absolute atomic E-state index is 0.0824. The van der Waals surface area contributed by atoms with Crippen LogP contribution in [0.2, 0.25) is 0 Å². The molecule has 1 unspecified atom stereocenters. The van der Waals surface area contributed by atoms with Gasteiger partial charge in [-0.05, 0) is 18.6 Å². The monoisotopic (exact) mass is 299 g/mol. The Morgan fingerprint density at radius 1 is 1.27 bits per heavy atom. The van der Waals surface area contributed by atoms with Gasteiger partial charge in [0.25, 0.3) is 6.47 Å². The molecule has 1 aromatic heterocycles. The standard InChI is InChI=1S/C10H14O.C6H3N3O2/c1-8-3-5-10(6-4-8)9(2)7-11;7-3-5-1-2-6(9-8-5)11-4-10/h3-6,9,11H,7H2,1-2H3;1-2,4H. The largest absolute Gasteiger partial charge is 0.408 e. The van der Waals surface area contributed by atoms with Crippen LogP contribution in [0.4, 0.5) is 0 Å². The Hall–Kier alpha value is -2.78. The van der Waals surface area contributed by atoms with Gasteiger partial charge in [0.2, 0.25) is 5.88 Å². The van der Waals surface area contributed by atoms with Crippen molar-refractivity contribution in [1.29, 1.82) is 5.26 Å². The Kier molecular flexibility index (Phi) is 7.23. The molecule has 0 aliphatic heterocycles. The van der Waals surface area contributed by atoms with Gasteiger partial charge in [0.15, 0.2) is 5.69 Å². The molecule has 6 nitrogen and oxygen atoms in total. The van der Waals surface area contributed by atoms with Crippen LogP contribution in [-0.2, 0) is 4.79 Å². The van der Waals surface area contributed by atoms with Gasteiger partial charge < -0.3 is 9.84 Å². The van der Waals surface area contributed by atoms with Crippen LogP contribution < -0.4 is 4.74 Å². The first-order valence-corrected chi connectivity index (χ1v) is 6.62. The summed E-state index contributed by atoms with van der Waals surface area (Å²) in [5.41, 5.74) is 2.65. The summed E-state index contributed by atoms with van der Waals surface area (Å²) in [5, 5.41) is 24.0. The van der Waals surface area contributed by atoms with Gasteiger partial charge in [-0.25, -0.2) is 0 Å². The third kappa shape index (κ3) is 5.69. The minimum Gasteiger partial charge on any atom is -0.408 e. The first kappa shape index (κ1) is 17.3. The number of hydrogen-bond acceptors (Lipinski definition) is 6. The van der Waals surface area contributed by atoms with Crippen molar-refractivity contribution < 1.29 is 14.6 Å². The molecule has 22 heavy (non-hydrogen) atoms. The normalized spacial score (nSPS) is 10.6. The quantitative estimate of drug-likeness (QED) is 0.867. The van der Waals surface area contributed by atoms with E-state index < -0.39 is 0 Å². The van der Waals surface area contributed by atoms with E-state index in [9.17, 15) is 4.79 Å². The predicted molar refractivity (Wildman–Crippen MR) is 80.1 cm³/mol. The van der Waals surface area contributed by atoms with Gasteiger partial charge in [-0.15, -0.1) is 10.2 Å². The van der Waals surface area contributed by atoms with E-state index in [4.69, 9.17) is 10.4 Å². The molecule has 1 atom stereocenters. The SMILES string of the molecule is Cc1ccc(C(C)CO)cc1.N#Cc1ccc(OC=O)nn1. The molecule has 6 heteroatoms. The van der Waals surface area contributed by atoms with Crippen molar-refractivity contribution in [3.05, 3.63) is 53.2 Å². The number of hydrogen-bond donors (Lipinski definition) is 1. The fourth-order valence-corrected chi connectivity index (χ4v) is 1.49. The Morgan fingerprint density at radius 2 is 1.95 bits per heavy atom. The Labute approximate surface area is 129 Å². The van der Waals surface area contributed by atoms with Crippen molar-refractivity contribution in [1.82, 2.24) is 10.2 Å². The number of nitriles is 1. The number of nitrogens with zero attached hydrogens (tertiary/aromatic N) is 3. The number of aliphatic hydroxyl groups is 1. The molecule has 0 radical (unpaired) electrons. The summed E-state index contributed by atoms with van der Waals surface area (Å²) in [7, 11) is 0. The van der Waals surface area contributed by atoms with Gasteiger partial charge in [0.1, 0.15) is 6.07 Å². The van der Waals surface area contributed by atoms with Crippen molar-refractivity contribution in [3.8, 4) is 11.9 Å². The average molecular weight is 299 g/mol. The van der Waals surface area contributed by atoms with Crippen LogP contribution in [0.5, 0.6) is 5.88 Å². The highest BCUT2D eigenvalue weighted by molar-refractivity contribution is 5.42. The van der Waals surface area contributed by atoms with E-state index in [0.29, 0.717) is 0 Å². The summed E-state index contributed by atoms with van der Waals surface area (Å²) in [6, 6.07) is 12.8. The summed E-state index contributed by atoms with van der Waals surface area (Å²) in [4.78, 5) is 9.77. The highest BCUT2D eigenvalue weighted by atomic mass is 16.5. The van der Waals surface area contributed by atoms with Crippen LogP contribution in [0, 0.1) is 18.3 Å². The highest BCUT2D eigenvalue weighted by Gasteiger charge is 2.01. The topological polar surface area (TPSA) is 96.1 Å². The van der Waals surface area contributed by atoms with Crippen LogP contribution >= 0.6 is 0 Å². The summed E-state index contributed by atoms with van der Waals surface area (Å²) >= 11 is 0. The second-order valence-corrected chi connectivity index (χ2v) is 4.58. The number of carbonyl (C=O) groups is 1. The molecule has 1 aromatic carbocycles. The second kappa shape index (κ2) is 9.21. The molecule has 1 heterocycles. The molecule has 0 saturated carbocycles. The van der Waals surface area contributed by atoms with Crippen LogP contribution in [0.25, 0.3) is 0 Å². The molecule has 0 spiro atoms. The van der Waals surface area contributed by atoms with Crippen LogP contribution in [-0.4, -0.2) is 28.4 Å². The summed E-state index contributed by atoms with van der Waals surface area (Å²) < 4.78 is 4.34. The van der Waals surface area contributed by atoms with E-state index >= 15 is 0 Å². The molecule has 0 amide bonds. The van der Waals surface area contributed by atoms with Gasteiger partial charge >= 0.3 is 0 Å². The molecule has 0 aliphatic rings. The summed E-state index contributed by atoms with van der Waals surface area (Å²) in [5.74, 6) is 0.342. The minimum atomic E-state index is 0.0824. The van der Waals surface area contributed by atoms with Gasteiger partial charge in [0, 0.05) is 18.6 Å². The number of ether oxygens (including phenoxy) is 1. The number of rotatable bonds is 4. The van der Waals surface area contributed by atoms with E-state index in [1.165, 1.54) is 23.3 Å². The van der Waals surface area contributed by atoms with Crippen molar-refractivity contribution in [2.75, 3.05) is 6.61 Å². The summed E-state index contributed by atoms with van der Waals surface area (Å²) in [6.07, 6.45) is 0. The number of aromatic nitrogens is 2. The fourth-order valence-electron chi connectivity index (χ4n) is 1.49. The first-order valence-electron chi connectivity index (χ1n) is 6.62. The molecule has 2 rings (SSSR count). The summed E-state index contributed by atoms with van der Waals surface area (Å²) in [6.45, 7) is 4.55. The maximum atomic E-state index is 9.77. The molecule has 0 saturated heterocycles. The van der Waals surface area contributed by atoms with Gasteiger partial charge in [-0.1, -0.05) is 36.8 Å². The fraction of sp³-hybridized carbons (Fsp3) is 0.250. The smallest absolute Gasteiger partial charge is 0.299 e. The molecule has 0 fully saturated rings. The molecule has 114 valence electrons. The van der Waals surface area contributed by atoms with Gasteiger partial charge in [-0.3, -0.25) is 4.79 Å². The van der Waals surface area contributed by atoms with Crippen molar-refractivity contribution in [3.63, 3.8) is 0 Å². The van der Waals surface area contributed by atoms with E-state index in [2.05, 4.69) is 46.1 Å². The lowest BCUT2D eigenvalue weighted by Gasteiger charge is -2.07. The third-order valence-corrected chi connectivity index (χ3v) is 2.84. The van der Waals surface area contributed by atoms with Crippen LogP contribution in [0.15, 0.2) is 36.4 Å². The molecule has 1 N–H and O–H groups in total. The zero-order valence-corrected chi connectivity index (χ0v) is 12.4. The van der Waals surface area contributed by atoms with Crippen molar-refractivity contribution >= 4 is 6.47 Å². The lowest BCUT2D eigenvalue weighted by atomic mass is 10.0. The maximum absolute atomic E-state index is 9.77. The molecule has 0 aliphatic carbocycles. The van der Waals surface area contributed by atoms with Crippen molar-refractivity contribution in [2.45, 2.75) is 19.8 Å². The number of benzene rings is 1. The second-order valence-electron chi connectivity index (χ2n) is 4.58. The first-order chi connectivity index (χ1) is 10.6. The molecular weight excluding hydrogens is 282 g/mol. The van der Waals surface area contributed by atoms with E-state index in [0.717, 1.165) is 0 Å². The highest BCUT2D eigenvalue weighted by Crippen LogP contribution is 2.14. The van der Waals surface area contributed by atoms with Crippen molar-refractivity contribution in [2.24, 2.45) is 0 Å². The average Bonchev–Trinajstić information content (AvgIpc) is 2.56. The van der Waals surface area contributed by atoms with Gasteiger partial charge in [-0.2, -0.15) is 5.26 Å². The Morgan fingerprint density at radius 3 is 2.41 bits per heavy atom. The lowest BCUT2D eigenvalue weighted by molar-refractivity contribution is -0.121. The Bertz CT molecular complexity index is 619.